The van der Waals surface area contributed by atoms with E-state index in [4.69, 9.17) is 21.1 Å². The number of nitro benzene ring substituents is 1. The average Bonchev–Trinajstić information content (AvgIpc) is 2.95. The lowest BCUT2D eigenvalue weighted by Gasteiger charge is -2.36. The molecular formula is C28H29ClN4O6. The topological polar surface area (TPSA) is 114 Å². The van der Waals surface area contributed by atoms with Gasteiger partial charge in [0.2, 0.25) is 0 Å². The Hall–Kier alpha value is -4.31. The minimum absolute atomic E-state index is 0.0154. The summed E-state index contributed by atoms with van der Waals surface area (Å²) in [5.41, 5.74) is 1.68. The number of benzene rings is 3. The number of hydrogen-bond acceptors (Lipinski definition) is 7. The van der Waals surface area contributed by atoms with Crippen LogP contribution in [0.5, 0.6) is 11.5 Å². The number of rotatable bonds is 10. The molecule has 10 nitrogen and oxygen atoms in total. The maximum absolute atomic E-state index is 12.9. The van der Waals surface area contributed by atoms with Crippen LogP contribution in [-0.4, -0.2) is 61.0 Å². The van der Waals surface area contributed by atoms with Crippen LogP contribution in [0.2, 0.25) is 5.02 Å². The normalized spacial score (nSPS) is 13.1. The average molecular weight is 553 g/mol. The van der Waals surface area contributed by atoms with Gasteiger partial charge >= 0.3 is 5.69 Å². The molecule has 3 aromatic rings. The maximum atomic E-state index is 12.9. The number of amides is 2. The fraction of sp³-hybridized carbons (Fsp3) is 0.286. The van der Waals surface area contributed by atoms with E-state index in [1.807, 2.05) is 30.0 Å². The molecule has 0 saturated carbocycles. The molecule has 0 unspecified atom stereocenters. The van der Waals surface area contributed by atoms with Gasteiger partial charge in [0.05, 0.1) is 22.2 Å². The van der Waals surface area contributed by atoms with Crippen molar-refractivity contribution in [2.24, 2.45) is 0 Å². The van der Waals surface area contributed by atoms with E-state index >= 15 is 0 Å². The molecule has 0 aromatic heterocycles. The Morgan fingerprint density at radius 2 is 1.72 bits per heavy atom. The molecule has 2 amide bonds. The second-order valence-electron chi connectivity index (χ2n) is 8.88. The molecule has 11 heteroatoms. The number of piperazine rings is 1. The molecular weight excluding hydrogens is 524 g/mol. The third-order valence-corrected chi connectivity index (χ3v) is 6.44. The highest BCUT2D eigenvalue weighted by atomic mass is 35.5. The number of nitrogens with one attached hydrogen (secondary N) is 1. The predicted molar refractivity (Wildman–Crippen MR) is 149 cm³/mol. The van der Waals surface area contributed by atoms with E-state index in [-0.39, 0.29) is 17.3 Å². The molecule has 39 heavy (non-hydrogen) atoms. The molecule has 1 aliphatic heterocycles. The summed E-state index contributed by atoms with van der Waals surface area (Å²) >= 11 is 6.53. The molecule has 1 heterocycles. The number of nitro groups is 1. The summed E-state index contributed by atoms with van der Waals surface area (Å²) in [7, 11) is 0. The summed E-state index contributed by atoms with van der Waals surface area (Å²) < 4.78 is 10.9. The number of carbonyl (C=O) groups is 2. The summed E-state index contributed by atoms with van der Waals surface area (Å²) in [6, 6.07) is 18.2. The van der Waals surface area contributed by atoms with Crippen molar-refractivity contribution in [2.45, 2.75) is 13.3 Å². The SMILES string of the molecule is CCCOc1ccc(C(=O)N2CCN(c3ccc(NC(=O)COc4ccccc4[N+](=O)[O-])cc3Cl)CC2)cc1. The number of halogens is 1. The summed E-state index contributed by atoms with van der Waals surface area (Å²) in [4.78, 5) is 39.7. The lowest BCUT2D eigenvalue weighted by atomic mass is 10.1. The zero-order chi connectivity index (χ0) is 27.8. The van der Waals surface area contributed by atoms with Crippen LogP contribution >= 0.6 is 11.6 Å². The van der Waals surface area contributed by atoms with Crippen molar-refractivity contribution in [3.8, 4) is 11.5 Å². The number of ether oxygens (including phenoxy) is 2. The highest BCUT2D eigenvalue weighted by Gasteiger charge is 2.24. The van der Waals surface area contributed by atoms with E-state index in [0.717, 1.165) is 17.9 Å². The molecule has 0 spiro atoms. The fourth-order valence-electron chi connectivity index (χ4n) is 4.16. The van der Waals surface area contributed by atoms with E-state index in [9.17, 15) is 19.7 Å². The van der Waals surface area contributed by atoms with Gasteiger partial charge in [0, 0.05) is 43.5 Å². The largest absolute Gasteiger partial charge is 0.494 e. The van der Waals surface area contributed by atoms with Crippen LogP contribution < -0.4 is 19.7 Å². The third kappa shape index (κ3) is 7.17. The lowest BCUT2D eigenvalue weighted by Crippen LogP contribution is -2.48. The number of hydrogen-bond donors (Lipinski definition) is 1. The van der Waals surface area contributed by atoms with Crippen molar-refractivity contribution >= 4 is 40.5 Å². The Balaban J connectivity index is 1.29. The number of para-hydroxylation sites is 2. The summed E-state index contributed by atoms with van der Waals surface area (Å²) in [6.45, 7) is 4.60. The zero-order valence-electron chi connectivity index (χ0n) is 21.5. The van der Waals surface area contributed by atoms with E-state index < -0.39 is 17.4 Å². The van der Waals surface area contributed by atoms with Gasteiger partial charge in [-0.25, -0.2) is 0 Å². The van der Waals surface area contributed by atoms with Gasteiger partial charge in [0.25, 0.3) is 11.8 Å². The number of carbonyl (C=O) groups excluding carboxylic acids is 2. The Kier molecular flexibility index (Phi) is 9.22. The summed E-state index contributed by atoms with van der Waals surface area (Å²) in [6.07, 6.45) is 0.921. The molecule has 1 N–H and O–H groups in total. The van der Waals surface area contributed by atoms with Gasteiger partial charge in [-0.2, -0.15) is 0 Å². The van der Waals surface area contributed by atoms with E-state index in [1.54, 1.807) is 30.3 Å². The van der Waals surface area contributed by atoms with Crippen molar-refractivity contribution in [3.63, 3.8) is 0 Å². The van der Waals surface area contributed by atoms with E-state index in [2.05, 4.69) is 10.2 Å². The second-order valence-corrected chi connectivity index (χ2v) is 9.29. The standard InChI is InChI=1S/C28H29ClN4O6/c1-2-17-38-22-10-7-20(8-11-22)28(35)32-15-13-31(14-16-32)24-12-9-21(18-23(24)29)30-27(34)19-39-26-6-4-3-5-25(26)33(36)37/h3-12,18H,2,13-17,19H2,1H3,(H,30,34). The predicted octanol–water partition coefficient (Wildman–Crippen LogP) is 5.02. The van der Waals surface area contributed by atoms with Crippen molar-refractivity contribution < 1.29 is 24.0 Å². The minimum atomic E-state index is -0.567. The van der Waals surface area contributed by atoms with E-state index in [0.29, 0.717) is 49.1 Å². The van der Waals surface area contributed by atoms with Gasteiger partial charge in [-0.3, -0.25) is 19.7 Å². The van der Waals surface area contributed by atoms with Crippen LogP contribution in [0.25, 0.3) is 0 Å². The molecule has 0 radical (unpaired) electrons. The second kappa shape index (κ2) is 13.0. The summed E-state index contributed by atoms with van der Waals surface area (Å²) in [5.74, 6) is 0.264. The Labute approximate surface area is 231 Å². The lowest BCUT2D eigenvalue weighted by molar-refractivity contribution is -0.385. The van der Waals surface area contributed by atoms with Crippen LogP contribution in [0, 0.1) is 10.1 Å². The van der Waals surface area contributed by atoms with Gasteiger partial charge < -0.3 is 24.6 Å². The monoisotopic (exact) mass is 552 g/mol. The minimum Gasteiger partial charge on any atom is -0.494 e. The highest BCUT2D eigenvalue weighted by molar-refractivity contribution is 6.33. The Morgan fingerprint density at radius 1 is 1.00 bits per heavy atom. The first kappa shape index (κ1) is 27.7. The Bertz CT molecular complexity index is 1330. The molecule has 1 saturated heterocycles. The maximum Gasteiger partial charge on any atom is 0.310 e. The van der Waals surface area contributed by atoms with Crippen LogP contribution in [-0.2, 0) is 4.79 Å². The molecule has 4 rings (SSSR count). The molecule has 0 bridgehead atoms. The first-order valence-electron chi connectivity index (χ1n) is 12.6. The first-order valence-corrected chi connectivity index (χ1v) is 13.0. The highest BCUT2D eigenvalue weighted by Crippen LogP contribution is 2.30. The number of nitrogens with zero attached hydrogens (tertiary/aromatic N) is 3. The van der Waals surface area contributed by atoms with E-state index in [1.165, 1.54) is 18.2 Å². The summed E-state index contributed by atoms with van der Waals surface area (Å²) in [5, 5.41) is 14.2. The third-order valence-electron chi connectivity index (χ3n) is 6.13. The molecule has 0 atom stereocenters. The van der Waals surface area contributed by atoms with Gasteiger partial charge in [-0.05, 0) is 55.0 Å². The van der Waals surface area contributed by atoms with Crippen LogP contribution in [0.1, 0.15) is 23.7 Å². The molecule has 3 aromatic carbocycles. The van der Waals surface area contributed by atoms with Crippen LogP contribution in [0.4, 0.5) is 17.1 Å². The van der Waals surface area contributed by atoms with Crippen molar-refractivity contribution in [2.75, 3.05) is 49.6 Å². The first-order chi connectivity index (χ1) is 18.9. The van der Waals surface area contributed by atoms with Gasteiger partial charge in [0.15, 0.2) is 12.4 Å². The Morgan fingerprint density at radius 3 is 2.38 bits per heavy atom. The van der Waals surface area contributed by atoms with Crippen LogP contribution in [0.3, 0.4) is 0 Å². The molecule has 0 aliphatic carbocycles. The number of anilines is 2. The molecule has 1 aliphatic rings. The molecule has 204 valence electrons. The zero-order valence-corrected chi connectivity index (χ0v) is 22.2. The van der Waals surface area contributed by atoms with Gasteiger partial charge in [0.1, 0.15) is 5.75 Å². The smallest absolute Gasteiger partial charge is 0.310 e. The van der Waals surface area contributed by atoms with Gasteiger partial charge in [-0.1, -0.05) is 30.7 Å². The van der Waals surface area contributed by atoms with Crippen LogP contribution in [0.15, 0.2) is 66.7 Å². The van der Waals surface area contributed by atoms with Crippen molar-refractivity contribution in [3.05, 3.63) is 87.4 Å². The quantitative estimate of drug-likeness (QED) is 0.277. The van der Waals surface area contributed by atoms with Crippen molar-refractivity contribution in [1.82, 2.24) is 4.90 Å². The molecule has 1 fully saturated rings. The van der Waals surface area contributed by atoms with Crippen molar-refractivity contribution in [1.29, 1.82) is 0 Å². The van der Waals surface area contributed by atoms with Gasteiger partial charge in [-0.15, -0.1) is 0 Å². The fourth-order valence-corrected chi connectivity index (χ4v) is 4.46.